The standard InChI is InChI=1S/C20H21N3OS/c1-2-22(14-17-9-6-12-25-17)20(24)18-13-21-23(19(18)15-10-11-15)16-7-4-3-5-8-16/h3-9,12-13,15H,2,10-11,14H2,1H3. The summed E-state index contributed by atoms with van der Waals surface area (Å²) < 4.78 is 1.95. The van der Waals surface area contributed by atoms with E-state index in [1.807, 2.05) is 52.9 Å². The van der Waals surface area contributed by atoms with Crippen molar-refractivity contribution in [2.24, 2.45) is 0 Å². The number of para-hydroxylation sites is 1. The van der Waals surface area contributed by atoms with Crippen molar-refractivity contribution in [1.82, 2.24) is 14.7 Å². The highest BCUT2D eigenvalue weighted by molar-refractivity contribution is 7.09. The van der Waals surface area contributed by atoms with Crippen LogP contribution < -0.4 is 0 Å². The number of carbonyl (C=O) groups is 1. The molecule has 1 amide bonds. The number of benzene rings is 1. The Kier molecular flexibility index (Phi) is 4.40. The van der Waals surface area contributed by atoms with Gasteiger partial charge in [-0.2, -0.15) is 5.10 Å². The van der Waals surface area contributed by atoms with E-state index >= 15 is 0 Å². The van der Waals surface area contributed by atoms with Gasteiger partial charge in [-0.25, -0.2) is 4.68 Å². The Balaban J connectivity index is 1.67. The first-order valence-corrected chi connectivity index (χ1v) is 9.61. The maximum absolute atomic E-state index is 13.2. The minimum absolute atomic E-state index is 0.0833. The van der Waals surface area contributed by atoms with E-state index in [0.717, 1.165) is 29.8 Å². The van der Waals surface area contributed by atoms with Crippen molar-refractivity contribution in [1.29, 1.82) is 0 Å². The van der Waals surface area contributed by atoms with Crippen LogP contribution in [0.15, 0.2) is 54.0 Å². The first kappa shape index (κ1) is 16.1. The Morgan fingerprint density at radius 3 is 2.68 bits per heavy atom. The number of thiophene rings is 1. The SMILES string of the molecule is CCN(Cc1cccs1)C(=O)c1cnn(-c2ccccc2)c1C1CC1. The van der Waals surface area contributed by atoms with Gasteiger partial charge in [-0.05, 0) is 43.3 Å². The van der Waals surface area contributed by atoms with Crippen LogP contribution in [0, 0.1) is 0 Å². The lowest BCUT2D eigenvalue weighted by Crippen LogP contribution is -2.30. The van der Waals surface area contributed by atoms with Crippen LogP contribution in [0.2, 0.25) is 0 Å². The van der Waals surface area contributed by atoms with E-state index in [4.69, 9.17) is 0 Å². The van der Waals surface area contributed by atoms with Crippen molar-refractivity contribution in [2.75, 3.05) is 6.54 Å². The lowest BCUT2D eigenvalue weighted by molar-refractivity contribution is 0.0753. The fourth-order valence-corrected chi connectivity index (χ4v) is 3.85. The van der Waals surface area contributed by atoms with E-state index < -0.39 is 0 Å². The molecule has 5 heteroatoms. The molecule has 1 saturated carbocycles. The van der Waals surface area contributed by atoms with E-state index in [9.17, 15) is 4.79 Å². The number of rotatable bonds is 6. The molecule has 0 atom stereocenters. The van der Waals surface area contributed by atoms with Gasteiger partial charge in [-0.15, -0.1) is 11.3 Å². The van der Waals surface area contributed by atoms with Crippen LogP contribution in [0.3, 0.4) is 0 Å². The number of hydrogen-bond donors (Lipinski definition) is 0. The summed E-state index contributed by atoms with van der Waals surface area (Å²) in [6, 6.07) is 14.2. The molecule has 0 bridgehead atoms. The molecule has 0 radical (unpaired) electrons. The van der Waals surface area contributed by atoms with Crippen molar-refractivity contribution >= 4 is 17.2 Å². The molecule has 25 heavy (non-hydrogen) atoms. The van der Waals surface area contributed by atoms with Gasteiger partial charge in [-0.1, -0.05) is 24.3 Å². The molecular formula is C20H21N3OS. The molecule has 1 fully saturated rings. The molecular weight excluding hydrogens is 330 g/mol. The highest BCUT2D eigenvalue weighted by Crippen LogP contribution is 2.42. The molecule has 0 N–H and O–H groups in total. The largest absolute Gasteiger partial charge is 0.334 e. The second-order valence-electron chi connectivity index (χ2n) is 6.36. The minimum Gasteiger partial charge on any atom is -0.334 e. The normalized spacial score (nSPS) is 13.8. The Morgan fingerprint density at radius 1 is 1.24 bits per heavy atom. The van der Waals surface area contributed by atoms with Gasteiger partial charge in [0, 0.05) is 17.3 Å². The summed E-state index contributed by atoms with van der Waals surface area (Å²) >= 11 is 1.69. The van der Waals surface area contributed by atoms with Crippen LogP contribution in [0.5, 0.6) is 0 Å². The number of aromatic nitrogens is 2. The van der Waals surface area contributed by atoms with Crippen molar-refractivity contribution in [3.63, 3.8) is 0 Å². The van der Waals surface area contributed by atoms with Crippen molar-refractivity contribution < 1.29 is 4.79 Å². The molecule has 4 rings (SSSR count). The molecule has 2 aromatic heterocycles. The molecule has 1 aliphatic carbocycles. The average Bonchev–Trinajstić information content (AvgIpc) is 3.19. The number of hydrogen-bond acceptors (Lipinski definition) is 3. The molecule has 0 unspecified atom stereocenters. The third-order valence-corrected chi connectivity index (χ3v) is 5.46. The zero-order valence-electron chi connectivity index (χ0n) is 14.3. The van der Waals surface area contributed by atoms with Gasteiger partial charge in [0.25, 0.3) is 5.91 Å². The van der Waals surface area contributed by atoms with Crippen molar-refractivity contribution in [3.05, 3.63) is 70.2 Å². The van der Waals surface area contributed by atoms with E-state index in [2.05, 4.69) is 16.5 Å². The number of nitrogens with zero attached hydrogens (tertiary/aromatic N) is 3. The lowest BCUT2D eigenvalue weighted by atomic mass is 10.1. The fraction of sp³-hybridized carbons (Fsp3) is 0.300. The summed E-state index contributed by atoms with van der Waals surface area (Å²) in [6.45, 7) is 3.38. The first-order valence-electron chi connectivity index (χ1n) is 8.73. The molecule has 1 aliphatic rings. The monoisotopic (exact) mass is 351 g/mol. The summed E-state index contributed by atoms with van der Waals surface area (Å²) in [5, 5.41) is 6.61. The molecule has 3 aromatic rings. The molecule has 0 spiro atoms. The van der Waals surface area contributed by atoms with Gasteiger partial charge < -0.3 is 4.90 Å². The van der Waals surface area contributed by atoms with Crippen LogP contribution in [0.1, 0.15) is 46.6 Å². The lowest BCUT2D eigenvalue weighted by Gasteiger charge is -2.20. The Labute approximate surface area is 151 Å². The maximum Gasteiger partial charge on any atom is 0.257 e. The first-order chi connectivity index (χ1) is 12.3. The summed E-state index contributed by atoms with van der Waals surface area (Å²) in [5.74, 6) is 0.530. The van der Waals surface area contributed by atoms with Gasteiger partial charge in [-0.3, -0.25) is 4.79 Å². The molecule has 2 heterocycles. The zero-order valence-corrected chi connectivity index (χ0v) is 15.1. The second-order valence-corrected chi connectivity index (χ2v) is 7.40. The van der Waals surface area contributed by atoms with E-state index in [1.165, 1.54) is 4.88 Å². The van der Waals surface area contributed by atoms with Crippen LogP contribution in [0.25, 0.3) is 5.69 Å². The molecule has 4 nitrogen and oxygen atoms in total. The Hall–Kier alpha value is -2.40. The van der Waals surface area contributed by atoms with Crippen molar-refractivity contribution in [2.45, 2.75) is 32.2 Å². The summed E-state index contributed by atoms with van der Waals surface area (Å²) in [4.78, 5) is 16.3. The molecule has 128 valence electrons. The maximum atomic E-state index is 13.2. The Bertz CT molecular complexity index is 850. The fourth-order valence-electron chi connectivity index (χ4n) is 3.14. The van der Waals surface area contributed by atoms with Crippen LogP contribution in [0.4, 0.5) is 0 Å². The van der Waals surface area contributed by atoms with Gasteiger partial charge >= 0.3 is 0 Å². The highest BCUT2D eigenvalue weighted by atomic mass is 32.1. The molecule has 0 saturated heterocycles. The molecule has 1 aromatic carbocycles. The second kappa shape index (κ2) is 6.84. The van der Waals surface area contributed by atoms with Gasteiger partial charge in [0.15, 0.2) is 0 Å². The van der Waals surface area contributed by atoms with Gasteiger partial charge in [0.2, 0.25) is 0 Å². The van der Waals surface area contributed by atoms with Crippen LogP contribution >= 0.6 is 11.3 Å². The number of amides is 1. The topological polar surface area (TPSA) is 38.1 Å². The third-order valence-electron chi connectivity index (χ3n) is 4.60. The smallest absolute Gasteiger partial charge is 0.257 e. The summed E-state index contributed by atoms with van der Waals surface area (Å²) in [5.41, 5.74) is 2.84. The molecule has 0 aliphatic heterocycles. The summed E-state index contributed by atoms with van der Waals surface area (Å²) in [7, 11) is 0. The summed E-state index contributed by atoms with van der Waals surface area (Å²) in [6.07, 6.45) is 4.02. The highest BCUT2D eigenvalue weighted by Gasteiger charge is 2.34. The van der Waals surface area contributed by atoms with Crippen molar-refractivity contribution in [3.8, 4) is 5.69 Å². The van der Waals surface area contributed by atoms with Crippen LogP contribution in [-0.2, 0) is 6.54 Å². The predicted molar refractivity (Wildman–Crippen MR) is 100 cm³/mol. The van der Waals surface area contributed by atoms with Crippen LogP contribution in [-0.4, -0.2) is 27.1 Å². The predicted octanol–water partition coefficient (Wildman–Crippen LogP) is 4.47. The zero-order chi connectivity index (χ0) is 17.2. The van der Waals surface area contributed by atoms with E-state index in [0.29, 0.717) is 19.0 Å². The van der Waals surface area contributed by atoms with Gasteiger partial charge in [0.05, 0.1) is 29.7 Å². The minimum atomic E-state index is 0.0833. The average molecular weight is 351 g/mol. The van der Waals surface area contributed by atoms with E-state index in [-0.39, 0.29) is 5.91 Å². The van der Waals surface area contributed by atoms with E-state index in [1.54, 1.807) is 17.5 Å². The third kappa shape index (κ3) is 3.24. The Morgan fingerprint density at radius 2 is 2.04 bits per heavy atom. The van der Waals surface area contributed by atoms with Gasteiger partial charge in [0.1, 0.15) is 0 Å². The quantitative estimate of drug-likeness (QED) is 0.657. The number of carbonyl (C=O) groups excluding carboxylic acids is 1.